The molecule has 0 saturated heterocycles. The summed E-state index contributed by atoms with van der Waals surface area (Å²) in [5.74, 6) is 0. The summed E-state index contributed by atoms with van der Waals surface area (Å²) in [5.41, 5.74) is 0. The van der Waals surface area contributed by atoms with Crippen molar-refractivity contribution in [1.29, 1.82) is 0 Å². The Hall–Kier alpha value is -0.0727. The van der Waals surface area contributed by atoms with Gasteiger partial charge < -0.3 is 17.3 Å². The second-order valence-electron chi connectivity index (χ2n) is 2.88. The van der Waals surface area contributed by atoms with E-state index in [1.165, 1.54) is 32.1 Å². The van der Waals surface area contributed by atoms with Crippen LogP contribution in [0.3, 0.4) is 0 Å². The molecule has 6 heteroatoms. The molecular formula is C11H17BF4Pd+. The van der Waals surface area contributed by atoms with Gasteiger partial charge in [0.25, 0.3) is 0 Å². The SMILES string of the molecule is C1=CCCC=CCC1.F[B-](F)(F)F.[CH2][CH][CH2].[Pd+2]. The van der Waals surface area contributed by atoms with Crippen molar-refractivity contribution in [1.82, 2.24) is 0 Å². The molecule has 1 aliphatic carbocycles. The Balaban J connectivity index is -0.000000191. The normalized spacial score (nSPS) is 14.0. The van der Waals surface area contributed by atoms with Gasteiger partial charge in [-0.2, -0.15) is 0 Å². The number of halogens is 4. The summed E-state index contributed by atoms with van der Waals surface area (Å²) < 4.78 is 39.0. The van der Waals surface area contributed by atoms with Crippen LogP contribution < -0.4 is 0 Å². The number of rotatable bonds is 0. The summed E-state index contributed by atoms with van der Waals surface area (Å²) in [4.78, 5) is 0. The molecule has 0 unspecified atom stereocenters. The third kappa shape index (κ3) is 49.2. The largest absolute Gasteiger partial charge is 2.00 e. The van der Waals surface area contributed by atoms with Crippen LogP contribution in [-0.4, -0.2) is 7.25 Å². The van der Waals surface area contributed by atoms with Crippen molar-refractivity contribution in [3.05, 3.63) is 44.6 Å². The first-order valence-corrected chi connectivity index (χ1v) is 4.99. The molecule has 0 N–H and O–H groups in total. The standard InChI is InChI=1S/C8H12.C3H5.BF4.Pd/c1-2-4-6-8-7-5-3-1;1-3-2;2-1(3,4)5;/h1-2,7-8H,3-6H2;3H,1-2H2;;/q;;-1;+2. The van der Waals surface area contributed by atoms with Crippen molar-refractivity contribution >= 4 is 7.25 Å². The molecule has 1 rings (SSSR count). The van der Waals surface area contributed by atoms with E-state index < -0.39 is 7.25 Å². The van der Waals surface area contributed by atoms with Gasteiger partial charge in [-0.15, -0.1) is 0 Å². The van der Waals surface area contributed by atoms with Crippen LogP contribution in [0.1, 0.15) is 25.7 Å². The molecule has 0 amide bonds. The average Bonchev–Trinajstić information content (AvgIpc) is 1.99. The second-order valence-corrected chi connectivity index (χ2v) is 2.88. The molecule has 0 atom stereocenters. The Bertz CT molecular complexity index is 158. The fourth-order valence-corrected chi connectivity index (χ4v) is 0.856. The molecular weight excluding hydrogens is 325 g/mol. The van der Waals surface area contributed by atoms with E-state index in [4.69, 9.17) is 0 Å². The van der Waals surface area contributed by atoms with Gasteiger partial charge in [0.2, 0.25) is 0 Å². The van der Waals surface area contributed by atoms with E-state index in [0.29, 0.717) is 0 Å². The fourth-order valence-electron chi connectivity index (χ4n) is 0.856. The molecule has 1 aliphatic rings. The molecule has 0 aromatic carbocycles. The second kappa shape index (κ2) is 15.9. The van der Waals surface area contributed by atoms with Gasteiger partial charge in [-0.05, 0) is 46.0 Å². The van der Waals surface area contributed by atoms with Gasteiger partial charge in [-0.25, -0.2) is 0 Å². The molecule has 101 valence electrons. The first-order chi connectivity index (χ1) is 7.41. The summed E-state index contributed by atoms with van der Waals surface area (Å²) in [6.45, 7) is 6.50. The first kappa shape index (κ1) is 22.1. The summed E-state index contributed by atoms with van der Waals surface area (Å²) in [5, 5.41) is 0. The minimum Gasteiger partial charge on any atom is -0.418 e. The molecule has 0 aromatic rings. The zero-order chi connectivity index (χ0) is 12.9. The molecule has 0 fully saturated rings. The third-order valence-corrected chi connectivity index (χ3v) is 1.33. The van der Waals surface area contributed by atoms with Crippen molar-refractivity contribution in [2.45, 2.75) is 25.7 Å². The Morgan fingerprint density at radius 3 is 1.00 bits per heavy atom. The van der Waals surface area contributed by atoms with E-state index in [-0.39, 0.29) is 20.4 Å². The van der Waals surface area contributed by atoms with Crippen molar-refractivity contribution in [2.24, 2.45) is 0 Å². The average molecular weight is 342 g/mol. The maximum absolute atomic E-state index is 9.75. The van der Waals surface area contributed by atoms with E-state index in [1.807, 2.05) is 0 Å². The summed E-state index contributed by atoms with van der Waals surface area (Å²) >= 11 is 0. The number of hydrogen-bond acceptors (Lipinski definition) is 0. The van der Waals surface area contributed by atoms with Crippen molar-refractivity contribution in [2.75, 3.05) is 0 Å². The van der Waals surface area contributed by atoms with Gasteiger partial charge in [-0.3, -0.25) is 0 Å². The summed E-state index contributed by atoms with van der Waals surface area (Å²) in [7, 11) is -6.00. The van der Waals surface area contributed by atoms with Gasteiger partial charge in [0.15, 0.2) is 0 Å². The van der Waals surface area contributed by atoms with E-state index in [1.54, 1.807) is 0 Å². The minimum atomic E-state index is -6.00. The maximum Gasteiger partial charge on any atom is 2.00 e. The van der Waals surface area contributed by atoms with Crippen LogP contribution in [0.15, 0.2) is 24.3 Å². The molecule has 0 nitrogen and oxygen atoms in total. The van der Waals surface area contributed by atoms with Crippen molar-refractivity contribution < 1.29 is 37.7 Å². The third-order valence-electron chi connectivity index (χ3n) is 1.33. The summed E-state index contributed by atoms with van der Waals surface area (Å²) in [6.07, 6.45) is 15.5. The van der Waals surface area contributed by atoms with Crippen LogP contribution in [0.2, 0.25) is 0 Å². The quantitative estimate of drug-likeness (QED) is 0.336. The van der Waals surface area contributed by atoms with Gasteiger partial charge in [0.1, 0.15) is 0 Å². The molecule has 17 heavy (non-hydrogen) atoms. The van der Waals surface area contributed by atoms with Crippen LogP contribution in [-0.2, 0) is 20.4 Å². The van der Waals surface area contributed by atoms with Gasteiger partial charge in [-0.1, -0.05) is 24.3 Å². The minimum absolute atomic E-state index is 0. The zero-order valence-electron chi connectivity index (χ0n) is 9.53. The maximum atomic E-state index is 9.75. The topological polar surface area (TPSA) is 0 Å². The number of hydrogen-bond donors (Lipinski definition) is 0. The van der Waals surface area contributed by atoms with E-state index >= 15 is 0 Å². The predicted molar refractivity (Wildman–Crippen MR) is 61.9 cm³/mol. The first-order valence-electron chi connectivity index (χ1n) is 4.99. The molecule has 0 aromatic heterocycles. The van der Waals surface area contributed by atoms with E-state index in [0.717, 1.165) is 0 Å². The Kier molecular flexibility index (Phi) is 20.7. The molecule has 0 bridgehead atoms. The summed E-state index contributed by atoms with van der Waals surface area (Å²) in [6, 6.07) is 0. The molecule has 0 saturated carbocycles. The van der Waals surface area contributed by atoms with Gasteiger partial charge in [0, 0.05) is 0 Å². The predicted octanol–water partition coefficient (Wildman–Crippen LogP) is 4.83. The van der Waals surface area contributed by atoms with E-state index in [2.05, 4.69) is 38.2 Å². The van der Waals surface area contributed by atoms with Crippen molar-refractivity contribution in [3.63, 3.8) is 0 Å². The van der Waals surface area contributed by atoms with Crippen LogP contribution in [0, 0.1) is 20.3 Å². The monoisotopic (exact) mass is 342 g/mol. The van der Waals surface area contributed by atoms with Gasteiger partial charge in [0.05, 0.1) is 0 Å². The van der Waals surface area contributed by atoms with Crippen LogP contribution in [0.25, 0.3) is 0 Å². The van der Waals surface area contributed by atoms with Crippen molar-refractivity contribution in [3.8, 4) is 0 Å². The Morgan fingerprint density at radius 2 is 0.882 bits per heavy atom. The Morgan fingerprint density at radius 1 is 0.765 bits per heavy atom. The zero-order valence-corrected chi connectivity index (χ0v) is 11.1. The molecule has 0 heterocycles. The van der Waals surface area contributed by atoms with Crippen LogP contribution in [0.5, 0.6) is 0 Å². The number of allylic oxidation sites excluding steroid dienone is 4. The van der Waals surface area contributed by atoms with Crippen LogP contribution >= 0.6 is 0 Å². The van der Waals surface area contributed by atoms with Crippen LogP contribution in [0.4, 0.5) is 17.3 Å². The molecule has 0 aliphatic heterocycles. The van der Waals surface area contributed by atoms with E-state index in [9.17, 15) is 17.3 Å². The molecule has 3 radical (unpaired) electrons. The fraction of sp³-hybridized carbons (Fsp3) is 0.364. The Labute approximate surface area is 115 Å². The smallest absolute Gasteiger partial charge is 0.418 e. The van der Waals surface area contributed by atoms with Gasteiger partial charge >= 0.3 is 27.7 Å². The molecule has 0 spiro atoms.